The topological polar surface area (TPSA) is 106 Å². The molecule has 0 fully saturated rings. The highest BCUT2D eigenvalue weighted by Gasteiger charge is 2.13. The van der Waals surface area contributed by atoms with Crippen LogP contribution in [-0.2, 0) is 0 Å². The van der Waals surface area contributed by atoms with Gasteiger partial charge in [-0.3, -0.25) is 5.10 Å². The Morgan fingerprint density at radius 3 is 3.06 bits per heavy atom. The number of benzene rings is 1. The van der Waals surface area contributed by atoms with Crippen molar-refractivity contribution < 1.29 is 4.42 Å². The Labute approximate surface area is 102 Å². The quantitative estimate of drug-likeness (QED) is 0.605. The lowest BCUT2D eigenvalue weighted by molar-refractivity contribution is 0.599. The SMILES string of the molecule is CC(Nc1nc2c(N)cccc2o1)c1ncn[nH]1. The molecule has 3 aromatic rings. The van der Waals surface area contributed by atoms with Crippen molar-refractivity contribution >= 4 is 22.8 Å². The Balaban J connectivity index is 1.89. The molecule has 7 heteroatoms. The molecule has 92 valence electrons. The first kappa shape index (κ1) is 10.6. The predicted octanol–water partition coefficient (Wildman–Crippen LogP) is 1.70. The molecule has 1 unspecified atom stereocenters. The van der Waals surface area contributed by atoms with E-state index in [9.17, 15) is 0 Å². The van der Waals surface area contributed by atoms with Gasteiger partial charge in [0.05, 0.1) is 11.7 Å². The fraction of sp³-hybridized carbons (Fsp3) is 0.182. The number of para-hydroxylation sites is 1. The van der Waals surface area contributed by atoms with E-state index in [-0.39, 0.29) is 6.04 Å². The van der Waals surface area contributed by atoms with Gasteiger partial charge in [-0.25, -0.2) is 4.98 Å². The minimum absolute atomic E-state index is 0.0817. The first-order chi connectivity index (χ1) is 8.74. The van der Waals surface area contributed by atoms with Crippen LogP contribution < -0.4 is 11.1 Å². The van der Waals surface area contributed by atoms with Gasteiger partial charge in [0.2, 0.25) is 0 Å². The number of nitrogens with two attached hydrogens (primary N) is 1. The van der Waals surface area contributed by atoms with Crippen molar-refractivity contribution in [3.63, 3.8) is 0 Å². The molecule has 0 saturated heterocycles. The summed E-state index contributed by atoms with van der Waals surface area (Å²) in [5.74, 6) is 0.713. The minimum Gasteiger partial charge on any atom is -0.423 e. The van der Waals surface area contributed by atoms with Crippen LogP contribution in [0, 0.1) is 0 Å². The summed E-state index contributed by atoms with van der Waals surface area (Å²) in [6.07, 6.45) is 1.46. The van der Waals surface area contributed by atoms with E-state index in [2.05, 4.69) is 25.5 Å². The van der Waals surface area contributed by atoms with Crippen molar-refractivity contribution in [3.8, 4) is 0 Å². The summed E-state index contributed by atoms with van der Waals surface area (Å²) in [5.41, 5.74) is 7.72. The molecule has 0 amide bonds. The van der Waals surface area contributed by atoms with Gasteiger partial charge in [0.1, 0.15) is 17.7 Å². The minimum atomic E-state index is -0.0817. The van der Waals surface area contributed by atoms with Crippen molar-refractivity contribution in [2.45, 2.75) is 13.0 Å². The van der Waals surface area contributed by atoms with Crippen LogP contribution in [0.5, 0.6) is 0 Å². The number of nitrogens with one attached hydrogen (secondary N) is 2. The summed E-state index contributed by atoms with van der Waals surface area (Å²) in [6, 6.07) is 5.76. The Kier molecular flexibility index (Phi) is 2.36. The maximum Gasteiger partial charge on any atom is 0.296 e. The Morgan fingerprint density at radius 1 is 1.44 bits per heavy atom. The molecule has 0 spiro atoms. The second-order valence-corrected chi connectivity index (χ2v) is 3.95. The molecule has 3 rings (SSSR count). The predicted molar refractivity (Wildman–Crippen MR) is 66.8 cm³/mol. The summed E-state index contributed by atoms with van der Waals surface area (Å²) in [7, 11) is 0. The number of aromatic amines is 1. The maximum atomic E-state index is 5.82. The summed E-state index contributed by atoms with van der Waals surface area (Å²) < 4.78 is 5.55. The zero-order chi connectivity index (χ0) is 12.5. The van der Waals surface area contributed by atoms with Gasteiger partial charge in [0, 0.05) is 0 Å². The van der Waals surface area contributed by atoms with Gasteiger partial charge in [-0.15, -0.1) is 0 Å². The fourth-order valence-corrected chi connectivity index (χ4v) is 1.71. The molecule has 0 aliphatic rings. The van der Waals surface area contributed by atoms with Crippen LogP contribution in [0.2, 0.25) is 0 Å². The molecule has 0 radical (unpaired) electrons. The third-order valence-electron chi connectivity index (χ3n) is 2.63. The second kappa shape index (κ2) is 4.02. The number of rotatable bonds is 3. The Morgan fingerprint density at radius 2 is 2.33 bits per heavy atom. The fourth-order valence-electron chi connectivity index (χ4n) is 1.71. The normalized spacial score (nSPS) is 12.7. The van der Waals surface area contributed by atoms with Crippen LogP contribution >= 0.6 is 0 Å². The standard InChI is InChI=1S/C11H12N6O/c1-6(10-13-5-14-17-10)15-11-16-9-7(12)3-2-4-8(9)18-11/h2-6H,12H2,1H3,(H,15,16)(H,13,14,17). The number of H-pyrrole nitrogens is 1. The maximum absolute atomic E-state index is 5.82. The monoisotopic (exact) mass is 244 g/mol. The van der Waals surface area contributed by atoms with Crippen molar-refractivity contribution in [2.24, 2.45) is 0 Å². The molecule has 18 heavy (non-hydrogen) atoms. The van der Waals surface area contributed by atoms with E-state index < -0.39 is 0 Å². The molecule has 0 aliphatic heterocycles. The number of anilines is 2. The summed E-state index contributed by atoms with van der Waals surface area (Å²) in [5, 5.41) is 9.67. The molecule has 0 aliphatic carbocycles. The van der Waals surface area contributed by atoms with Crippen LogP contribution in [0.3, 0.4) is 0 Å². The number of fused-ring (bicyclic) bond motifs is 1. The molecule has 7 nitrogen and oxygen atoms in total. The number of nitrogen functional groups attached to an aromatic ring is 1. The van der Waals surface area contributed by atoms with Crippen molar-refractivity contribution in [3.05, 3.63) is 30.4 Å². The lowest BCUT2D eigenvalue weighted by atomic mass is 10.3. The van der Waals surface area contributed by atoms with Gasteiger partial charge in [-0.05, 0) is 19.1 Å². The lowest BCUT2D eigenvalue weighted by Crippen LogP contribution is -2.08. The number of nitrogens with zero attached hydrogens (tertiary/aromatic N) is 3. The van der Waals surface area contributed by atoms with Gasteiger partial charge in [0.15, 0.2) is 5.58 Å². The van der Waals surface area contributed by atoms with E-state index in [4.69, 9.17) is 10.2 Å². The van der Waals surface area contributed by atoms with Crippen molar-refractivity contribution in [1.82, 2.24) is 20.2 Å². The molecular weight excluding hydrogens is 232 g/mol. The van der Waals surface area contributed by atoms with Crippen molar-refractivity contribution in [1.29, 1.82) is 0 Å². The second-order valence-electron chi connectivity index (χ2n) is 3.95. The average molecular weight is 244 g/mol. The molecule has 2 aromatic heterocycles. The van der Waals surface area contributed by atoms with E-state index in [1.165, 1.54) is 6.33 Å². The van der Waals surface area contributed by atoms with Crippen LogP contribution in [0.1, 0.15) is 18.8 Å². The molecule has 0 saturated carbocycles. The third kappa shape index (κ3) is 1.75. The summed E-state index contributed by atoms with van der Waals surface area (Å²) in [4.78, 5) is 8.36. The van der Waals surface area contributed by atoms with Gasteiger partial charge in [0.25, 0.3) is 6.01 Å². The number of aromatic nitrogens is 4. The van der Waals surface area contributed by atoms with Gasteiger partial charge >= 0.3 is 0 Å². The van der Waals surface area contributed by atoms with Crippen LogP contribution in [-0.4, -0.2) is 20.2 Å². The van der Waals surface area contributed by atoms with E-state index in [0.717, 1.165) is 0 Å². The molecule has 1 atom stereocenters. The zero-order valence-corrected chi connectivity index (χ0v) is 9.71. The van der Waals surface area contributed by atoms with E-state index in [1.54, 1.807) is 6.07 Å². The highest BCUT2D eigenvalue weighted by atomic mass is 16.4. The lowest BCUT2D eigenvalue weighted by Gasteiger charge is -2.07. The average Bonchev–Trinajstić information content (AvgIpc) is 2.97. The Bertz CT molecular complexity index is 659. The van der Waals surface area contributed by atoms with Crippen LogP contribution in [0.25, 0.3) is 11.1 Å². The molecule has 4 N–H and O–H groups in total. The third-order valence-corrected chi connectivity index (χ3v) is 2.63. The van der Waals surface area contributed by atoms with E-state index >= 15 is 0 Å². The molecule has 2 heterocycles. The largest absolute Gasteiger partial charge is 0.423 e. The molecular formula is C11H12N6O. The van der Waals surface area contributed by atoms with Crippen LogP contribution in [0.15, 0.2) is 28.9 Å². The first-order valence-corrected chi connectivity index (χ1v) is 5.51. The highest BCUT2D eigenvalue weighted by Crippen LogP contribution is 2.25. The Hall–Kier alpha value is -2.57. The zero-order valence-electron chi connectivity index (χ0n) is 9.71. The number of hydrogen-bond donors (Lipinski definition) is 3. The van der Waals surface area contributed by atoms with E-state index in [0.29, 0.717) is 28.6 Å². The number of hydrogen-bond acceptors (Lipinski definition) is 6. The smallest absolute Gasteiger partial charge is 0.296 e. The van der Waals surface area contributed by atoms with Crippen LogP contribution in [0.4, 0.5) is 11.7 Å². The molecule has 0 bridgehead atoms. The van der Waals surface area contributed by atoms with Gasteiger partial charge < -0.3 is 15.5 Å². The highest BCUT2D eigenvalue weighted by molar-refractivity contribution is 5.86. The van der Waals surface area contributed by atoms with E-state index in [1.807, 2.05) is 19.1 Å². The van der Waals surface area contributed by atoms with Gasteiger partial charge in [-0.1, -0.05) is 6.07 Å². The summed E-state index contributed by atoms with van der Waals surface area (Å²) in [6.45, 7) is 1.93. The molecule has 1 aromatic carbocycles. The first-order valence-electron chi connectivity index (χ1n) is 5.51. The number of oxazole rings is 1. The van der Waals surface area contributed by atoms with Crippen molar-refractivity contribution in [2.75, 3.05) is 11.1 Å². The van der Waals surface area contributed by atoms with Gasteiger partial charge in [-0.2, -0.15) is 10.1 Å². The summed E-state index contributed by atoms with van der Waals surface area (Å²) >= 11 is 0.